The Morgan fingerprint density at radius 1 is 1.27 bits per heavy atom. The van der Waals surface area contributed by atoms with E-state index in [2.05, 4.69) is 5.10 Å². The Labute approximate surface area is 88.4 Å². The van der Waals surface area contributed by atoms with Gasteiger partial charge in [0.2, 0.25) is 0 Å². The van der Waals surface area contributed by atoms with Gasteiger partial charge in [0.05, 0.1) is 0 Å². The topological polar surface area (TPSA) is 34.9 Å². The number of aromatic nitrogens is 2. The van der Waals surface area contributed by atoms with Crippen molar-refractivity contribution in [3.8, 4) is 0 Å². The molecule has 0 atom stereocenters. The van der Waals surface area contributed by atoms with E-state index in [9.17, 15) is 4.79 Å². The van der Waals surface area contributed by atoms with Crippen LogP contribution in [0.25, 0.3) is 0 Å². The van der Waals surface area contributed by atoms with Gasteiger partial charge in [-0.15, -0.1) is 0 Å². The van der Waals surface area contributed by atoms with Gasteiger partial charge in [-0.05, 0) is 11.6 Å². The lowest BCUT2D eigenvalue weighted by Crippen LogP contribution is -2.05. The molecule has 0 radical (unpaired) electrons. The molecular weight excluding hydrogens is 188 g/mol. The summed E-state index contributed by atoms with van der Waals surface area (Å²) in [5, 5.41) is 4.07. The molecule has 2 aromatic rings. The summed E-state index contributed by atoms with van der Waals surface area (Å²) in [6.45, 7) is 0. The van der Waals surface area contributed by atoms with E-state index in [4.69, 9.17) is 0 Å². The van der Waals surface area contributed by atoms with Crippen molar-refractivity contribution < 1.29 is 4.79 Å². The fourth-order valence-corrected chi connectivity index (χ4v) is 1.44. The van der Waals surface area contributed by atoms with Gasteiger partial charge in [0.25, 0.3) is 0 Å². The summed E-state index contributed by atoms with van der Waals surface area (Å²) in [5.41, 5.74) is 1.55. The number of ketones is 1. The van der Waals surface area contributed by atoms with E-state index in [0.29, 0.717) is 12.1 Å². The van der Waals surface area contributed by atoms with Crippen molar-refractivity contribution in [3.63, 3.8) is 0 Å². The van der Waals surface area contributed by atoms with Crippen LogP contribution in [0.15, 0.2) is 42.6 Å². The maximum absolute atomic E-state index is 11.8. The first-order valence-corrected chi connectivity index (χ1v) is 4.82. The Bertz CT molecular complexity index is 459. The Hall–Kier alpha value is -1.90. The van der Waals surface area contributed by atoms with Crippen LogP contribution in [0.5, 0.6) is 0 Å². The highest BCUT2D eigenvalue weighted by atomic mass is 16.1. The quantitative estimate of drug-likeness (QED) is 0.709. The molecule has 0 amide bonds. The third-order valence-electron chi connectivity index (χ3n) is 2.21. The minimum atomic E-state index is 0.0572. The smallest absolute Gasteiger partial charge is 0.187 e. The highest BCUT2D eigenvalue weighted by Crippen LogP contribution is 2.05. The molecule has 1 aromatic heterocycles. The molecular formula is C12H12N2O. The molecule has 2 rings (SSSR count). The maximum Gasteiger partial charge on any atom is 0.187 e. The van der Waals surface area contributed by atoms with E-state index in [-0.39, 0.29) is 5.78 Å². The van der Waals surface area contributed by atoms with Gasteiger partial charge in [0.1, 0.15) is 5.69 Å². The standard InChI is InChI=1S/C12H12N2O/c1-14-8-7-11(13-14)12(15)9-10-5-3-2-4-6-10/h2-8H,9H2,1H3. The fraction of sp³-hybridized carbons (Fsp3) is 0.167. The van der Waals surface area contributed by atoms with Crippen LogP contribution in [0.4, 0.5) is 0 Å². The van der Waals surface area contributed by atoms with Gasteiger partial charge in [0, 0.05) is 19.7 Å². The second-order valence-electron chi connectivity index (χ2n) is 3.46. The van der Waals surface area contributed by atoms with Gasteiger partial charge in [-0.1, -0.05) is 30.3 Å². The van der Waals surface area contributed by atoms with Crippen LogP contribution in [-0.2, 0) is 13.5 Å². The Kier molecular flexibility index (Phi) is 2.63. The molecule has 0 aliphatic carbocycles. The molecule has 0 N–H and O–H groups in total. The lowest BCUT2D eigenvalue weighted by atomic mass is 10.1. The van der Waals surface area contributed by atoms with E-state index in [1.165, 1.54) is 0 Å². The lowest BCUT2D eigenvalue weighted by molar-refractivity contribution is 0.0987. The summed E-state index contributed by atoms with van der Waals surface area (Å²) in [6.07, 6.45) is 2.19. The van der Waals surface area contributed by atoms with Crippen LogP contribution >= 0.6 is 0 Å². The normalized spacial score (nSPS) is 10.2. The number of carbonyl (C=O) groups excluding carboxylic acids is 1. The lowest BCUT2D eigenvalue weighted by Gasteiger charge is -1.97. The molecule has 0 saturated carbocycles. The van der Waals surface area contributed by atoms with Gasteiger partial charge in [-0.2, -0.15) is 5.10 Å². The predicted octanol–water partition coefficient (Wildman–Crippen LogP) is 1.85. The van der Waals surface area contributed by atoms with Crippen molar-refractivity contribution in [1.29, 1.82) is 0 Å². The molecule has 3 nitrogen and oxygen atoms in total. The van der Waals surface area contributed by atoms with Gasteiger partial charge in [-0.3, -0.25) is 9.48 Å². The average Bonchev–Trinajstić information content (AvgIpc) is 2.66. The third kappa shape index (κ3) is 2.31. The molecule has 1 aromatic carbocycles. The number of hydrogen-bond acceptors (Lipinski definition) is 2. The summed E-state index contributed by atoms with van der Waals surface area (Å²) in [5.74, 6) is 0.0572. The van der Waals surface area contributed by atoms with Crippen molar-refractivity contribution >= 4 is 5.78 Å². The van der Waals surface area contributed by atoms with Crippen LogP contribution in [0.2, 0.25) is 0 Å². The molecule has 15 heavy (non-hydrogen) atoms. The number of aryl methyl sites for hydroxylation is 1. The number of benzene rings is 1. The molecule has 0 aliphatic rings. The monoisotopic (exact) mass is 200 g/mol. The van der Waals surface area contributed by atoms with Crippen molar-refractivity contribution in [3.05, 3.63) is 53.9 Å². The minimum absolute atomic E-state index is 0.0572. The molecule has 0 unspecified atom stereocenters. The first kappa shape index (κ1) is 9.65. The van der Waals surface area contributed by atoms with E-state index >= 15 is 0 Å². The third-order valence-corrected chi connectivity index (χ3v) is 2.21. The number of rotatable bonds is 3. The minimum Gasteiger partial charge on any atom is -0.292 e. The summed E-state index contributed by atoms with van der Waals surface area (Å²) in [6, 6.07) is 11.4. The van der Waals surface area contributed by atoms with E-state index < -0.39 is 0 Å². The van der Waals surface area contributed by atoms with Crippen molar-refractivity contribution in [2.24, 2.45) is 7.05 Å². The number of carbonyl (C=O) groups is 1. The molecule has 0 saturated heterocycles. The first-order chi connectivity index (χ1) is 7.25. The van der Waals surface area contributed by atoms with E-state index in [1.807, 2.05) is 30.3 Å². The van der Waals surface area contributed by atoms with Crippen LogP contribution in [0.3, 0.4) is 0 Å². The number of nitrogens with zero attached hydrogens (tertiary/aromatic N) is 2. The van der Waals surface area contributed by atoms with Crippen LogP contribution in [-0.4, -0.2) is 15.6 Å². The SMILES string of the molecule is Cn1ccc(C(=O)Cc2ccccc2)n1. The zero-order valence-corrected chi connectivity index (χ0v) is 8.55. The van der Waals surface area contributed by atoms with Crippen molar-refractivity contribution in [1.82, 2.24) is 9.78 Å². The summed E-state index contributed by atoms with van der Waals surface area (Å²) in [4.78, 5) is 11.8. The van der Waals surface area contributed by atoms with Crippen LogP contribution < -0.4 is 0 Å². The molecule has 0 spiro atoms. The second kappa shape index (κ2) is 4.09. The first-order valence-electron chi connectivity index (χ1n) is 4.82. The molecule has 76 valence electrons. The van der Waals surface area contributed by atoms with E-state index in [1.54, 1.807) is 24.0 Å². The molecule has 0 bridgehead atoms. The van der Waals surface area contributed by atoms with Gasteiger partial charge >= 0.3 is 0 Å². The molecule has 0 fully saturated rings. The summed E-state index contributed by atoms with van der Waals surface area (Å²) >= 11 is 0. The Morgan fingerprint density at radius 3 is 2.60 bits per heavy atom. The van der Waals surface area contributed by atoms with Crippen molar-refractivity contribution in [2.45, 2.75) is 6.42 Å². The largest absolute Gasteiger partial charge is 0.292 e. The maximum atomic E-state index is 11.8. The fourth-order valence-electron chi connectivity index (χ4n) is 1.44. The highest BCUT2D eigenvalue weighted by molar-refractivity contribution is 5.95. The average molecular weight is 200 g/mol. The zero-order chi connectivity index (χ0) is 10.7. The predicted molar refractivity (Wildman–Crippen MR) is 57.7 cm³/mol. The molecule has 3 heteroatoms. The zero-order valence-electron chi connectivity index (χ0n) is 8.55. The van der Waals surface area contributed by atoms with Crippen LogP contribution in [0.1, 0.15) is 16.1 Å². The van der Waals surface area contributed by atoms with Gasteiger partial charge < -0.3 is 0 Å². The highest BCUT2D eigenvalue weighted by Gasteiger charge is 2.08. The molecule has 1 heterocycles. The Balaban J connectivity index is 2.11. The van der Waals surface area contributed by atoms with Gasteiger partial charge in [0.15, 0.2) is 5.78 Å². The number of hydrogen-bond donors (Lipinski definition) is 0. The molecule has 0 aliphatic heterocycles. The number of Topliss-reactive ketones (excluding diaryl/α,β-unsaturated/α-hetero) is 1. The summed E-state index contributed by atoms with van der Waals surface area (Å²) < 4.78 is 1.64. The van der Waals surface area contributed by atoms with Crippen molar-refractivity contribution in [2.75, 3.05) is 0 Å². The second-order valence-corrected chi connectivity index (χ2v) is 3.46. The Morgan fingerprint density at radius 2 is 2.00 bits per heavy atom. The van der Waals surface area contributed by atoms with Crippen LogP contribution in [0, 0.1) is 0 Å². The summed E-state index contributed by atoms with van der Waals surface area (Å²) in [7, 11) is 1.80. The van der Waals surface area contributed by atoms with E-state index in [0.717, 1.165) is 5.56 Å². The van der Waals surface area contributed by atoms with Gasteiger partial charge in [-0.25, -0.2) is 0 Å².